The number of aliphatic hydroxyl groups is 1. The number of aliphatic hydroxyl groups excluding tert-OH is 1. The van der Waals surface area contributed by atoms with Crippen LogP contribution in [0.5, 0.6) is 0 Å². The molecule has 0 fully saturated rings. The number of carbonyl (C=O) groups excluding carboxylic acids is 3. The molecule has 1 heterocycles. The van der Waals surface area contributed by atoms with E-state index in [2.05, 4.69) is 18.5 Å². The van der Waals surface area contributed by atoms with Gasteiger partial charge in [-0.25, -0.2) is 0 Å². The van der Waals surface area contributed by atoms with E-state index < -0.39 is 5.92 Å². The van der Waals surface area contributed by atoms with Crippen molar-refractivity contribution in [1.29, 1.82) is 0 Å². The van der Waals surface area contributed by atoms with Crippen molar-refractivity contribution < 1.29 is 24.2 Å². The lowest BCUT2D eigenvalue weighted by Gasteiger charge is -2.36. The van der Waals surface area contributed by atoms with Gasteiger partial charge < -0.3 is 20.1 Å². The molecular formula is C31H38N2O5. The van der Waals surface area contributed by atoms with Crippen LogP contribution in [0.4, 0.5) is 0 Å². The maximum absolute atomic E-state index is 13.2. The number of fused-ring (bicyclic) bond motifs is 1. The fourth-order valence-corrected chi connectivity index (χ4v) is 4.81. The molecule has 2 aromatic carbocycles. The van der Waals surface area contributed by atoms with Crippen LogP contribution in [0.25, 0.3) is 0 Å². The third kappa shape index (κ3) is 8.15. The first-order valence-corrected chi connectivity index (χ1v) is 13.1. The molecule has 3 rings (SSSR count). The Hall–Kier alpha value is -3.71. The van der Waals surface area contributed by atoms with E-state index >= 15 is 0 Å². The zero-order valence-electron chi connectivity index (χ0n) is 21.9. The summed E-state index contributed by atoms with van der Waals surface area (Å²) in [5.41, 5.74) is 3.23. The Bertz CT molecular complexity index is 1100. The van der Waals surface area contributed by atoms with Crippen molar-refractivity contribution in [1.82, 2.24) is 10.2 Å². The topological polar surface area (TPSA) is 95.9 Å². The van der Waals surface area contributed by atoms with Crippen LogP contribution < -0.4 is 5.32 Å². The molecule has 1 aliphatic heterocycles. The summed E-state index contributed by atoms with van der Waals surface area (Å²) >= 11 is 0. The lowest BCUT2D eigenvalue weighted by Crippen LogP contribution is -2.47. The molecule has 7 heteroatoms. The van der Waals surface area contributed by atoms with Gasteiger partial charge in [-0.05, 0) is 42.4 Å². The molecule has 0 unspecified atom stereocenters. The number of amides is 2. The molecule has 7 nitrogen and oxygen atoms in total. The van der Waals surface area contributed by atoms with Crippen molar-refractivity contribution in [3.05, 3.63) is 96.6 Å². The predicted octanol–water partition coefficient (Wildman–Crippen LogP) is 3.61. The van der Waals surface area contributed by atoms with E-state index in [4.69, 9.17) is 4.74 Å². The highest BCUT2D eigenvalue weighted by Gasteiger charge is 2.31. The molecule has 0 saturated heterocycles. The predicted molar refractivity (Wildman–Crippen MR) is 147 cm³/mol. The molecule has 1 aliphatic rings. The number of allylic oxidation sites excluding steroid dienone is 2. The second-order valence-electron chi connectivity index (χ2n) is 9.63. The van der Waals surface area contributed by atoms with Gasteiger partial charge in [-0.2, -0.15) is 0 Å². The lowest BCUT2D eigenvalue weighted by atomic mass is 9.92. The number of benzene rings is 2. The van der Waals surface area contributed by atoms with E-state index in [1.54, 1.807) is 17.1 Å². The van der Waals surface area contributed by atoms with E-state index in [1.807, 2.05) is 54.6 Å². The van der Waals surface area contributed by atoms with E-state index in [-0.39, 0.29) is 55.9 Å². The third-order valence-corrected chi connectivity index (χ3v) is 6.88. The summed E-state index contributed by atoms with van der Waals surface area (Å²) in [5, 5.41) is 12.7. The minimum Gasteiger partial charge on any atom is -0.464 e. The van der Waals surface area contributed by atoms with Crippen LogP contribution in [0.2, 0.25) is 0 Å². The van der Waals surface area contributed by atoms with Gasteiger partial charge in [0.2, 0.25) is 11.8 Å². The maximum Gasteiger partial charge on any atom is 0.309 e. The number of nitrogens with zero attached hydrogens (tertiary/aromatic N) is 1. The first kappa shape index (κ1) is 28.9. The van der Waals surface area contributed by atoms with Crippen LogP contribution in [-0.4, -0.2) is 53.6 Å². The smallest absolute Gasteiger partial charge is 0.309 e. The molecule has 2 amide bonds. The van der Waals surface area contributed by atoms with E-state index in [0.29, 0.717) is 32.2 Å². The molecule has 0 aliphatic carbocycles. The molecule has 0 saturated carbocycles. The Kier molecular flexibility index (Phi) is 11.3. The van der Waals surface area contributed by atoms with Crippen LogP contribution >= 0.6 is 0 Å². The van der Waals surface area contributed by atoms with E-state index in [0.717, 1.165) is 16.7 Å². The summed E-state index contributed by atoms with van der Waals surface area (Å²) in [6.07, 6.45) is 5.31. The SMILES string of the molecule is C=CC[C@H](CC(=O)N1Cc2ccccc2C[C@H]1CO)C(=O)NCCOC(=O)[C@@H](CC=C)Cc1ccccc1. The molecular weight excluding hydrogens is 480 g/mol. The molecule has 3 atom stereocenters. The molecule has 38 heavy (non-hydrogen) atoms. The largest absolute Gasteiger partial charge is 0.464 e. The lowest BCUT2D eigenvalue weighted by molar-refractivity contribution is -0.148. The quantitative estimate of drug-likeness (QED) is 0.226. The first-order valence-electron chi connectivity index (χ1n) is 13.1. The Morgan fingerprint density at radius 1 is 1.00 bits per heavy atom. The Balaban J connectivity index is 1.50. The molecule has 0 bridgehead atoms. The van der Waals surface area contributed by atoms with Gasteiger partial charge in [0.1, 0.15) is 6.61 Å². The zero-order valence-corrected chi connectivity index (χ0v) is 21.9. The number of ether oxygens (including phenoxy) is 1. The van der Waals surface area contributed by atoms with Crippen molar-refractivity contribution in [3.8, 4) is 0 Å². The molecule has 0 aromatic heterocycles. The number of nitrogens with one attached hydrogen (secondary N) is 1. The van der Waals surface area contributed by atoms with Gasteiger partial charge in [0.05, 0.1) is 31.0 Å². The minimum atomic E-state index is -0.598. The number of esters is 1. The van der Waals surface area contributed by atoms with Crippen LogP contribution in [0, 0.1) is 11.8 Å². The van der Waals surface area contributed by atoms with Crippen molar-refractivity contribution >= 4 is 17.8 Å². The third-order valence-electron chi connectivity index (χ3n) is 6.88. The number of carbonyl (C=O) groups is 3. The number of hydrogen-bond donors (Lipinski definition) is 2. The van der Waals surface area contributed by atoms with Gasteiger partial charge in [-0.1, -0.05) is 66.7 Å². The Morgan fingerprint density at radius 3 is 2.34 bits per heavy atom. The van der Waals surface area contributed by atoms with Crippen LogP contribution in [0.3, 0.4) is 0 Å². The minimum absolute atomic E-state index is 0.00872. The van der Waals surface area contributed by atoms with Crippen molar-refractivity contribution in [2.75, 3.05) is 19.8 Å². The van der Waals surface area contributed by atoms with E-state index in [9.17, 15) is 19.5 Å². The van der Waals surface area contributed by atoms with Crippen LogP contribution in [0.15, 0.2) is 79.9 Å². The highest BCUT2D eigenvalue weighted by molar-refractivity contribution is 5.86. The standard InChI is InChI=1S/C31H38N2O5/c1-3-10-25(20-29(35)33-21-27-15-9-8-14-24(27)19-28(33)22-34)30(36)32-16-17-38-31(37)26(11-4-2)18-23-12-6-5-7-13-23/h3-9,12-15,25-26,28,34H,1-2,10-11,16-22H2,(H,32,36)/t25-,26+,28+/m1/s1. The second kappa shape index (κ2) is 14.9. The Labute approximate surface area is 225 Å². The van der Waals surface area contributed by atoms with E-state index in [1.165, 1.54) is 0 Å². The van der Waals surface area contributed by atoms with Crippen LogP contribution in [-0.2, 0) is 38.5 Å². The fraction of sp³-hybridized carbons (Fsp3) is 0.387. The zero-order chi connectivity index (χ0) is 27.3. The normalized spacial score (nSPS) is 16.0. The second-order valence-corrected chi connectivity index (χ2v) is 9.63. The van der Waals surface area contributed by atoms with Gasteiger partial charge in [-0.3, -0.25) is 14.4 Å². The van der Waals surface area contributed by atoms with Gasteiger partial charge in [0.25, 0.3) is 0 Å². The van der Waals surface area contributed by atoms with Gasteiger partial charge >= 0.3 is 5.97 Å². The number of rotatable bonds is 14. The summed E-state index contributed by atoms with van der Waals surface area (Å²) in [4.78, 5) is 40.4. The first-order chi connectivity index (χ1) is 18.5. The molecule has 202 valence electrons. The van der Waals surface area contributed by atoms with Crippen molar-refractivity contribution in [3.63, 3.8) is 0 Å². The molecule has 2 N–H and O–H groups in total. The monoisotopic (exact) mass is 518 g/mol. The average Bonchev–Trinajstić information content (AvgIpc) is 2.94. The van der Waals surface area contributed by atoms with Crippen molar-refractivity contribution in [2.45, 2.75) is 44.7 Å². The highest BCUT2D eigenvalue weighted by atomic mass is 16.5. The number of hydrogen-bond acceptors (Lipinski definition) is 5. The summed E-state index contributed by atoms with van der Waals surface area (Å²) in [6.45, 7) is 7.93. The summed E-state index contributed by atoms with van der Waals surface area (Å²) < 4.78 is 5.43. The molecule has 0 spiro atoms. The highest BCUT2D eigenvalue weighted by Crippen LogP contribution is 2.25. The van der Waals surface area contributed by atoms with Gasteiger partial charge in [0, 0.05) is 13.0 Å². The fourth-order valence-electron chi connectivity index (χ4n) is 4.81. The van der Waals surface area contributed by atoms with Crippen molar-refractivity contribution in [2.24, 2.45) is 11.8 Å². The average molecular weight is 519 g/mol. The van der Waals surface area contributed by atoms with Gasteiger partial charge in [-0.15, -0.1) is 13.2 Å². The molecule has 0 radical (unpaired) electrons. The van der Waals surface area contributed by atoms with Crippen LogP contribution in [0.1, 0.15) is 36.0 Å². The van der Waals surface area contributed by atoms with Gasteiger partial charge in [0.15, 0.2) is 0 Å². The summed E-state index contributed by atoms with van der Waals surface area (Å²) in [6, 6.07) is 17.3. The summed E-state index contributed by atoms with van der Waals surface area (Å²) in [7, 11) is 0. The molecule has 2 aromatic rings. The summed E-state index contributed by atoms with van der Waals surface area (Å²) in [5.74, 6) is -1.75. The maximum atomic E-state index is 13.2. The Morgan fingerprint density at radius 2 is 1.66 bits per heavy atom.